The summed E-state index contributed by atoms with van der Waals surface area (Å²) in [4.78, 5) is 11.6. The molecular formula is C12H18N2O. The van der Waals surface area contributed by atoms with Crippen molar-refractivity contribution < 1.29 is 4.79 Å². The lowest BCUT2D eigenvalue weighted by atomic mass is 10.0. The van der Waals surface area contributed by atoms with Crippen LogP contribution in [0.1, 0.15) is 20.3 Å². The van der Waals surface area contributed by atoms with E-state index >= 15 is 0 Å². The van der Waals surface area contributed by atoms with Gasteiger partial charge in [-0.05, 0) is 25.0 Å². The van der Waals surface area contributed by atoms with Crippen LogP contribution in [-0.2, 0) is 4.79 Å². The van der Waals surface area contributed by atoms with Gasteiger partial charge in [-0.25, -0.2) is 0 Å². The van der Waals surface area contributed by atoms with Crippen LogP contribution in [0, 0.1) is 5.92 Å². The van der Waals surface area contributed by atoms with E-state index in [0.29, 0.717) is 6.42 Å². The van der Waals surface area contributed by atoms with E-state index in [1.807, 2.05) is 44.2 Å². The van der Waals surface area contributed by atoms with Gasteiger partial charge in [0, 0.05) is 18.2 Å². The fourth-order valence-electron chi connectivity index (χ4n) is 1.21. The Balaban J connectivity index is 2.43. The number of carbonyl (C=O) groups is 1. The Morgan fingerprint density at radius 3 is 2.47 bits per heavy atom. The number of nitrogens with one attached hydrogen (secondary N) is 1. The quantitative estimate of drug-likeness (QED) is 0.791. The summed E-state index contributed by atoms with van der Waals surface area (Å²) < 4.78 is 0. The van der Waals surface area contributed by atoms with Gasteiger partial charge in [0.2, 0.25) is 5.91 Å². The smallest absolute Gasteiger partial charge is 0.224 e. The van der Waals surface area contributed by atoms with Gasteiger partial charge in [0.25, 0.3) is 0 Å². The second kappa shape index (κ2) is 5.51. The molecule has 3 nitrogen and oxygen atoms in total. The van der Waals surface area contributed by atoms with Crippen LogP contribution in [0.4, 0.5) is 5.69 Å². The van der Waals surface area contributed by atoms with Gasteiger partial charge in [-0.2, -0.15) is 0 Å². The van der Waals surface area contributed by atoms with E-state index in [0.717, 1.165) is 5.69 Å². The molecule has 0 aliphatic carbocycles. The SMILES string of the molecule is C[C@H](N)[C@H](C)CC(=O)Nc1ccccc1. The van der Waals surface area contributed by atoms with Crippen molar-refractivity contribution in [1.29, 1.82) is 0 Å². The molecule has 82 valence electrons. The summed E-state index contributed by atoms with van der Waals surface area (Å²) in [6.07, 6.45) is 0.465. The summed E-state index contributed by atoms with van der Waals surface area (Å²) in [5.74, 6) is 0.222. The van der Waals surface area contributed by atoms with Gasteiger partial charge in [-0.1, -0.05) is 25.1 Å². The Bertz CT molecular complexity index is 309. The number of rotatable bonds is 4. The molecule has 0 saturated carbocycles. The highest BCUT2D eigenvalue weighted by atomic mass is 16.1. The predicted octanol–water partition coefficient (Wildman–Crippen LogP) is 2.00. The second-order valence-electron chi connectivity index (χ2n) is 3.95. The Kier molecular flexibility index (Phi) is 4.31. The second-order valence-corrected chi connectivity index (χ2v) is 3.95. The van der Waals surface area contributed by atoms with Gasteiger partial charge in [-0.3, -0.25) is 4.79 Å². The molecule has 3 N–H and O–H groups in total. The van der Waals surface area contributed by atoms with Crippen molar-refractivity contribution in [1.82, 2.24) is 0 Å². The summed E-state index contributed by atoms with van der Waals surface area (Å²) >= 11 is 0. The molecule has 0 aromatic heterocycles. The van der Waals surface area contributed by atoms with Crippen LogP contribution in [0.2, 0.25) is 0 Å². The molecule has 1 rings (SSSR count). The van der Waals surface area contributed by atoms with Gasteiger partial charge in [0.05, 0.1) is 0 Å². The molecule has 0 saturated heterocycles. The van der Waals surface area contributed by atoms with Crippen LogP contribution in [0.25, 0.3) is 0 Å². The summed E-state index contributed by atoms with van der Waals surface area (Å²) in [6, 6.07) is 9.49. The van der Waals surface area contributed by atoms with Crippen molar-refractivity contribution in [3.63, 3.8) is 0 Å². The minimum Gasteiger partial charge on any atom is -0.328 e. The maximum Gasteiger partial charge on any atom is 0.224 e. The van der Waals surface area contributed by atoms with Crippen molar-refractivity contribution in [2.45, 2.75) is 26.3 Å². The van der Waals surface area contributed by atoms with E-state index in [1.165, 1.54) is 0 Å². The maximum atomic E-state index is 11.6. The monoisotopic (exact) mass is 206 g/mol. The average molecular weight is 206 g/mol. The molecule has 1 aromatic carbocycles. The third kappa shape index (κ3) is 4.13. The average Bonchev–Trinajstić information content (AvgIpc) is 2.18. The van der Waals surface area contributed by atoms with Crippen LogP contribution >= 0.6 is 0 Å². The Labute approximate surface area is 90.7 Å². The zero-order valence-electron chi connectivity index (χ0n) is 9.23. The molecule has 0 aliphatic heterocycles. The predicted molar refractivity (Wildman–Crippen MR) is 62.5 cm³/mol. The van der Waals surface area contributed by atoms with Crippen molar-refractivity contribution in [3.05, 3.63) is 30.3 Å². The largest absolute Gasteiger partial charge is 0.328 e. The topological polar surface area (TPSA) is 55.1 Å². The highest BCUT2D eigenvalue weighted by Crippen LogP contribution is 2.10. The molecule has 1 aromatic rings. The Hall–Kier alpha value is -1.35. The Morgan fingerprint density at radius 1 is 1.33 bits per heavy atom. The van der Waals surface area contributed by atoms with Crippen molar-refractivity contribution >= 4 is 11.6 Å². The molecule has 0 fully saturated rings. The Morgan fingerprint density at radius 2 is 1.93 bits per heavy atom. The number of anilines is 1. The third-order valence-corrected chi connectivity index (χ3v) is 2.46. The molecule has 15 heavy (non-hydrogen) atoms. The number of nitrogens with two attached hydrogens (primary N) is 1. The van der Waals surface area contributed by atoms with Crippen LogP contribution in [0.15, 0.2) is 30.3 Å². The van der Waals surface area contributed by atoms with Crippen molar-refractivity contribution in [2.24, 2.45) is 11.7 Å². The van der Waals surface area contributed by atoms with Crippen molar-refractivity contribution in [2.75, 3.05) is 5.32 Å². The van der Waals surface area contributed by atoms with Crippen LogP contribution in [-0.4, -0.2) is 11.9 Å². The summed E-state index contributed by atoms with van der Waals surface area (Å²) in [5.41, 5.74) is 6.53. The van der Waals surface area contributed by atoms with E-state index in [2.05, 4.69) is 5.32 Å². The van der Waals surface area contributed by atoms with Crippen molar-refractivity contribution in [3.8, 4) is 0 Å². The van der Waals surface area contributed by atoms with E-state index < -0.39 is 0 Å². The molecule has 0 bridgehead atoms. The standard InChI is InChI=1S/C12H18N2O/c1-9(10(2)13)8-12(15)14-11-6-4-3-5-7-11/h3-7,9-10H,8,13H2,1-2H3,(H,14,15)/t9-,10+/m1/s1. The molecule has 3 heteroatoms. The summed E-state index contributed by atoms with van der Waals surface area (Å²) in [5, 5.41) is 2.83. The first-order valence-electron chi connectivity index (χ1n) is 5.20. The number of benzene rings is 1. The summed E-state index contributed by atoms with van der Waals surface area (Å²) in [7, 11) is 0. The third-order valence-electron chi connectivity index (χ3n) is 2.46. The highest BCUT2D eigenvalue weighted by Gasteiger charge is 2.12. The zero-order chi connectivity index (χ0) is 11.3. The van der Waals surface area contributed by atoms with Gasteiger partial charge in [-0.15, -0.1) is 0 Å². The van der Waals surface area contributed by atoms with E-state index in [-0.39, 0.29) is 17.9 Å². The molecule has 0 unspecified atom stereocenters. The first-order valence-corrected chi connectivity index (χ1v) is 5.20. The van der Waals surface area contributed by atoms with Crippen LogP contribution in [0.3, 0.4) is 0 Å². The molecule has 2 atom stereocenters. The molecular weight excluding hydrogens is 188 g/mol. The molecule has 1 amide bonds. The number of amides is 1. The normalized spacial score (nSPS) is 14.3. The fourth-order valence-corrected chi connectivity index (χ4v) is 1.21. The minimum absolute atomic E-state index is 0.0194. The first-order chi connectivity index (χ1) is 7.09. The minimum atomic E-state index is 0.0194. The number of carbonyl (C=O) groups excluding carboxylic acids is 1. The first kappa shape index (κ1) is 11.7. The molecule has 0 radical (unpaired) electrons. The van der Waals surface area contributed by atoms with Gasteiger partial charge >= 0.3 is 0 Å². The van der Waals surface area contributed by atoms with E-state index in [9.17, 15) is 4.79 Å². The molecule has 0 spiro atoms. The maximum absolute atomic E-state index is 11.6. The molecule has 0 aliphatic rings. The van der Waals surface area contributed by atoms with Gasteiger partial charge in [0.15, 0.2) is 0 Å². The van der Waals surface area contributed by atoms with E-state index in [1.54, 1.807) is 0 Å². The van der Waals surface area contributed by atoms with Crippen LogP contribution in [0.5, 0.6) is 0 Å². The lowest BCUT2D eigenvalue weighted by molar-refractivity contribution is -0.117. The summed E-state index contributed by atoms with van der Waals surface area (Å²) in [6.45, 7) is 3.90. The number of hydrogen-bond acceptors (Lipinski definition) is 2. The van der Waals surface area contributed by atoms with Gasteiger partial charge < -0.3 is 11.1 Å². The number of para-hydroxylation sites is 1. The van der Waals surface area contributed by atoms with Crippen LogP contribution < -0.4 is 11.1 Å². The van der Waals surface area contributed by atoms with Gasteiger partial charge in [0.1, 0.15) is 0 Å². The van der Waals surface area contributed by atoms with E-state index in [4.69, 9.17) is 5.73 Å². The molecule has 0 heterocycles. The lowest BCUT2D eigenvalue weighted by Gasteiger charge is -2.14. The highest BCUT2D eigenvalue weighted by molar-refractivity contribution is 5.90. The fraction of sp³-hybridized carbons (Fsp3) is 0.417. The lowest BCUT2D eigenvalue weighted by Crippen LogP contribution is -2.28. The zero-order valence-corrected chi connectivity index (χ0v) is 9.23. The number of hydrogen-bond donors (Lipinski definition) is 2.